The number of hydrogen-bond acceptors (Lipinski definition) is 0. The first-order valence-electron chi connectivity index (χ1n) is 0. The van der Waals surface area contributed by atoms with Gasteiger partial charge < -0.3 is 0 Å². The Labute approximate surface area is 61.5 Å². The van der Waals surface area contributed by atoms with E-state index in [9.17, 15) is 0 Å². The smallest absolute Gasteiger partial charge is 0 e. The van der Waals surface area contributed by atoms with Crippen LogP contribution in [0.4, 0.5) is 0 Å². The van der Waals surface area contributed by atoms with Crippen LogP contribution in [-0.2, 0) is 0 Å². The average molecular weight is 228 g/mol. The standard InChI is InChI=1S/C.Ge.In.Si. The van der Waals surface area contributed by atoms with E-state index in [1.807, 2.05) is 0 Å². The SMILES string of the molecule is [C].[Ge].[In].[Si]. The number of hydrogen-bond donors (Lipinski definition) is 0. The second kappa shape index (κ2) is 23.0. The Morgan fingerprint density at radius 1 is 1.00 bits per heavy atom. The first-order valence-corrected chi connectivity index (χ1v) is 0. The fraction of sp³-hybridized carbons (Fsp3) is 0. The molecule has 0 bridgehead atoms. The minimum absolute atomic E-state index is 0. The fourth-order valence-corrected chi connectivity index (χ4v) is 0. The Morgan fingerprint density at radius 2 is 1.00 bits per heavy atom. The summed E-state index contributed by atoms with van der Waals surface area (Å²) in [4.78, 5) is 0. The summed E-state index contributed by atoms with van der Waals surface area (Å²) in [6.45, 7) is 0. The van der Waals surface area contributed by atoms with E-state index in [1.165, 1.54) is 0 Å². The molecule has 0 saturated heterocycles. The van der Waals surface area contributed by atoms with Crippen LogP contribution in [-0.4, -0.2) is 54.4 Å². The molecule has 0 aliphatic carbocycles. The molecule has 0 aliphatic heterocycles. The van der Waals surface area contributed by atoms with E-state index in [4.69, 9.17) is 0 Å². The van der Waals surface area contributed by atoms with Crippen LogP contribution >= 0.6 is 0 Å². The van der Waals surface area contributed by atoms with Gasteiger partial charge in [-0.15, -0.1) is 0 Å². The van der Waals surface area contributed by atoms with Crippen LogP contribution in [0.3, 0.4) is 0 Å². The van der Waals surface area contributed by atoms with Crippen molar-refractivity contribution in [1.29, 1.82) is 0 Å². The largest absolute Gasteiger partial charge is 0 e. The maximum absolute atomic E-state index is 0. The molecule has 3 heteroatoms. The summed E-state index contributed by atoms with van der Waals surface area (Å²) in [6, 6.07) is 0. The first-order chi connectivity index (χ1) is 0. The average Bonchev–Trinajstić information content (AvgIpc) is 0. The van der Waals surface area contributed by atoms with Crippen LogP contribution < -0.4 is 0 Å². The van der Waals surface area contributed by atoms with Crippen LogP contribution in [0.25, 0.3) is 0 Å². The summed E-state index contributed by atoms with van der Waals surface area (Å²) in [5.74, 6) is 0. The third-order valence-corrected chi connectivity index (χ3v) is 0. The zero-order valence-corrected chi connectivity index (χ0v) is 8.47. The molecular formula is CGeInSi. The Balaban J connectivity index is 0. The predicted octanol–water partition coefficient (Wildman–Crippen LogP) is -1.06. The van der Waals surface area contributed by atoms with E-state index in [0.29, 0.717) is 0 Å². The molecule has 0 amide bonds. The quantitative estimate of drug-likeness (QED) is 0.463. The summed E-state index contributed by atoms with van der Waals surface area (Å²) in [7, 11) is 0. The molecule has 0 aliphatic rings. The van der Waals surface area contributed by atoms with Gasteiger partial charge in [0.25, 0.3) is 0 Å². The second-order valence-corrected chi connectivity index (χ2v) is 0. The third-order valence-electron chi connectivity index (χ3n) is 0. The van der Waals surface area contributed by atoms with Gasteiger partial charge in [-0.25, -0.2) is 0 Å². The van der Waals surface area contributed by atoms with Crippen molar-refractivity contribution in [1.82, 2.24) is 0 Å². The topological polar surface area (TPSA) is 0 Å². The Hall–Kier alpha value is 1.63. The molecule has 15 valence electrons. The van der Waals surface area contributed by atoms with Crippen molar-refractivity contribution in [3.63, 3.8) is 0 Å². The molecule has 0 fully saturated rings. The third kappa shape index (κ3) is 9.45. The number of rotatable bonds is 0. The molecule has 0 saturated carbocycles. The molecule has 0 spiro atoms. The van der Waals surface area contributed by atoms with Gasteiger partial charge in [0.05, 0.1) is 0 Å². The van der Waals surface area contributed by atoms with Crippen molar-refractivity contribution in [2.45, 2.75) is 0 Å². The minimum atomic E-state index is 0. The molecule has 0 rings (SSSR count). The van der Waals surface area contributed by atoms with Crippen LogP contribution in [0, 0.1) is 7.43 Å². The zero-order chi connectivity index (χ0) is 0. The van der Waals surface area contributed by atoms with Crippen LogP contribution in [0.1, 0.15) is 0 Å². The molecule has 0 heterocycles. The van der Waals surface area contributed by atoms with E-state index in [2.05, 4.69) is 0 Å². The molecule has 0 aromatic heterocycles. The minimum Gasteiger partial charge on any atom is 0 e. The molecule has 0 unspecified atom stereocenters. The van der Waals surface area contributed by atoms with Crippen LogP contribution in [0.5, 0.6) is 0 Å². The summed E-state index contributed by atoms with van der Waals surface area (Å²) >= 11 is 0. The van der Waals surface area contributed by atoms with E-state index in [1.54, 1.807) is 0 Å². The van der Waals surface area contributed by atoms with Crippen LogP contribution in [0.2, 0.25) is 0 Å². The molecule has 15 radical (unpaired) electrons. The van der Waals surface area contributed by atoms with Crippen molar-refractivity contribution in [2.75, 3.05) is 0 Å². The van der Waals surface area contributed by atoms with Crippen molar-refractivity contribution in [3.8, 4) is 0 Å². The van der Waals surface area contributed by atoms with E-state index in [-0.39, 0.29) is 61.8 Å². The summed E-state index contributed by atoms with van der Waals surface area (Å²) in [6.07, 6.45) is 0. The van der Waals surface area contributed by atoms with Gasteiger partial charge in [-0.1, -0.05) is 0 Å². The molecule has 0 nitrogen and oxygen atoms in total. The summed E-state index contributed by atoms with van der Waals surface area (Å²) in [5.41, 5.74) is 0. The van der Waals surface area contributed by atoms with Gasteiger partial charge in [0.2, 0.25) is 0 Å². The summed E-state index contributed by atoms with van der Waals surface area (Å²) < 4.78 is 0. The van der Waals surface area contributed by atoms with Gasteiger partial charge in [-0.05, 0) is 0 Å². The van der Waals surface area contributed by atoms with Crippen LogP contribution in [0.15, 0.2) is 0 Å². The van der Waals surface area contributed by atoms with Crippen molar-refractivity contribution >= 4 is 54.4 Å². The Morgan fingerprint density at radius 3 is 1.00 bits per heavy atom. The maximum atomic E-state index is 0. The second-order valence-electron chi connectivity index (χ2n) is 0. The zero-order valence-electron chi connectivity index (χ0n) is 2.08. The summed E-state index contributed by atoms with van der Waals surface area (Å²) in [5, 5.41) is 0. The Kier molecular flexibility index (Phi) is 261. The molecule has 4 heavy (non-hydrogen) atoms. The van der Waals surface area contributed by atoms with Gasteiger partial charge in [0.1, 0.15) is 0 Å². The van der Waals surface area contributed by atoms with Gasteiger partial charge in [-0.3, -0.25) is 0 Å². The van der Waals surface area contributed by atoms with E-state index < -0.39 is 0 Å². The molecule has 0 aromatic rings. The predicted molar refractivity (Wildman–Crippen MR) is 20.5 cm³/mol. The normalized spacial score (nSPS) is 0. The van der Waals surface area contributed by atoms with E-state index in [0.717, 1.165) is 0 Å². The molecule has 0 atom stereocenters. The fourth-order valence-electron chi connectivity index (χ4n) is 0. The Bertz CT molecular complexity index is 8.00. The van der Waals surface area contributed by atoms with Gasteiger partial charge in [0.15, 0.2) is 0 Å². The maximum Gasteiger partial charge on any atom is 0 e. The van der Waals surface area contributed by atoms with Crippen molar-refractivity contribution in [2.24, 2.45) is 0 Å². The van der Waals surface area contributed by atoms with E-state index >= 15 is 0 Å². The van der Waals surface area contributed by atoms with Gasteiger partial charge in [-0.2, -0.15) is 0 Å². The van der Waals surface area contributed by atoms with Gasteiger partial charge in [0, 0.05) is 61.8 Å². The monoisotopic (exact) mass is 229 g/mol. The molecule has 0 N–H and O–H groups in total. The van der Waals surface area contributed by atoms with Crippen molar-refractivity contribution < 1.29 is 0 Å². The van der Waals surface area contributed by atoms with Crippen molar-refractivity contribution in [3.05, 3.63) is 7.43 Å². The molecular weight excluding hydrogens is 228 g/mol. The van der Waals surface area contributed by atoms with Gasteiger partial charge >= 0.3 is 0 Å². The first kappa shape index (κ1) is 45.4. The molecule has 0 aromatic carbocycles.